The average Bonchev–Trinajstić information content (AvgIpc) is 2.87. The van der Waals surface area contributed by atoms with E-state index in [0.29, 0.717) is 22.3 Å². The molecule has 5 heteroatoms. The van der Waals surface area contributed by atoms with E-state index in [1.54, 1.807) is 36.4 Å². The molecule has 0 amide bonds. The normalized spacial score (nSPS) is 10.9. The van der Waals surface area contributed by atoms with Gasteiger partial charge in [0.05, 0.1) is 12.2 Å². The molecule has 4 rings (SSSR count). The van der Waals surface area contributed by atoms with Crippen molar-refractivity contribution in [3.8, 4) is 22.6 Å². The second kappa shape index (κ2) is 11.3. The number of esters is 1. The quantitative estimate of drug-likeness (QED) is 0.111. The first-order valence-corrected chi connectivity index (χ1v) is 11.7. The third kappa shape index (κ3) is 6.13. The minimum absolute atomic E-state index is 0.386. The summed E-state index contributed by atoms with van der Waals surface area (Å²) in [5, 5.41) is 0.684. The van der Waals surface area contributed by atoms with Gasteiger partial charge >= 0.3 is 11.6 Å². The molecule has 5 nitrogen and oxygen atoms in total. The zero-order valence-corrected chi connectivity index (χ0v) is 19.3. The van der Waals surface area contributed by atoms with E-state index in [-0.39, 0.29) is 0 Å². The van der Waals surface area contributed by atoms with Crippen LogP contribution in [0.2, 0.25) is 0 Å². The molecule has 0 N–H and O–H groups in total. The van der Waals surface area contributed by atoms with Crippen LogP contribution in [0.5, 0.6) is 11.5 Å². The predicted octanol–water partition coefficient (Wildman–Crippen LogP) is 7.03. The zero-order valence-electron chi connectivity index (χ0n) is 19.3. The maximum absolute atomic E-state index is 12.6. The number of hydrogen-bond donors (Lipinski definition) is 0. The lowest BCUT2D eigenvalue weighted by Crippen LogP contribution is -2.08. The van der Waals surface area contributed by atoms with Crippen LogP contribution in [-0.2, 0) is 0 Å². The Bertz CT molecular complexity index is 1290. The summed E-state index contributed by atoms with van der Waals surface area (Å²) in [6, 6.07) is 23.1. The summed E-state index contributed by atoms with van der Waals surface area (Å²) < 4.78 is 16.4. The minimum atomic E-state index is -0.453. The summed E-state index contributed by atoms with van der Waals surface area (Å²) in [6.45, 7) is 2.96. The number of hydrogen-bond acceptors (Lipinski definition) is 5. The number of carbonyl (C=O) groups is 1. The van der Waals surface area contributed by atoms with Gasteiger partial charge in [-0.1, -0.05) is 56.9 Å². The van der Waals surface area contributed by atoms with Crippen LogP contribution in [0.3, 0.4) is 0 Å². The zero-order chi connectivity index (χ0) is 23.8. The number of fused-ring (bicyclic) bond motifs is 1. The molecular formula is C29H28O5. The van der Waals surface area contributed by atoms with Crippen molar-refractivity contribution in [2.45, 2.75) is 39.0 Å². The van der Waals surface area contributed by atoms with Gasteiger partial charge in [-0.15, -0.1) is 0 Å². The van der Waals surface area contributed by atoms with Gasteiger partial charge in [0.2, 0.25) is 0 Å². The van der Waals surface area contributed by atoms with Crippen LogP contribution in [0.25, 0.3) is 22.1 Å². The molecule has 174 valence electrons. The molecule has 0 bridgehead atoms. The van der Waals surface area contributed by atoms with E-state index in [0.717, 1.165) is 29.9 Å². The second-order valence-corrected chi connectivity index (χ2v) is 8.21. The van der Waals surface area contributed by atoms with Crippen molar-refractivity contribution < 1.29 is 18.7 Å². The smallest absolute Gasteiger partial charge is 0.343 e. The Hall–Kier alpha value is -3.86. The van der Waals surface area contributed by atoms with Crippen LogP contribution in [0.15, 0.2) is 88.1 Å². The number of rotatable bonds is 10. The molecule has 4 aromatic rings. The van der Waals surface area contributed by atoms with E-state index in [1.165, 1.54) is 31.7 Å². The molecule has 0 radical (unpaired) electrons. The van der Waals surface area contributed by atoms with Crippen LogP contribution in [0, 0.1) is 0 Å². The van der Waals surface area contributed by atoms with Gasteiger partial charge in [0.1, 0.15) is 17.1 Å². The summed E-state index contributed by atoms with van der Waals surface area (Å²) in [6.07, 6.45) is 6.09. The van der Waals surface area contributed by atoms with Crippen molar-refractivity contribution in [2.75, 3.05) is 6.61 Å². The fraction of sp³-hybridized carbons (Fsp3) is 0.241. The van der Waals surface area contributed by atoms with Crippen LogP contribution in [-0.4, -0.2) is 12.6 Å². The summed E-state index contributed by atoms with van der Waals surface area (Å²) in [5.74, 6) is 0.802. The molecule has 1 heterocycles. The highest BCUT2D eigenvalue weighted by atomic mass is 16.5. The molecule has 0 fully saturated rings. The van der Waals surface area contributed by atoms with Crippen molar-refractivity contribution >= 4 is 16.9 Å². The standard InChI is InChI=1S/C29H28O5/c1-2-3-4-5-6-19-32-25-14-11-22(12-15-25)21-7-9-23(10-8-21)29(31)33-26-16-17-27-24(20-26)13-18-28(30)34-27/h7-18,20H,2-6,19H2,1H3. The van der Waals surface area contributed by atoms with Gasteiger partial charge in [-0.25, -0.2) is 9.59 Å². The van der Waals surface area contributed by atoms with Crippen LogP contribution in [0.1, 0.15) is 49.4 Å². The highest BCUT2D eigenvalue weighted by molar-refractivity contribution is 5.92. The van der Waals surface area contributed by atoms with Gasteiger partial charge in [0.15, 0.2) is 0 Å². The topological polar surface area (TPSA) is 65.7 Å². The highest BCUT2D eigenvalue weighted by Gasteiger charge is 2.10. The van der Waals surface area contributed by atoms with Crippen LogP contribution in [0.4, 0.5) is 0 Å². The molecule has 1 aromatic heterocycles. The first-order chi connectivity index (χ1) is 16.6. The molecule has 34 heavy (non-hydrogen) atoms. The van der Waals surface area contributed by atoms with Crippen LogP contribution >= 0.6 is 0 Å². The Balaban J connectivity index is 1.34. The SMILES string of the molecule is CCCCCCCOc1ccc(-c2ccc(C(=O)Oc3ccc4oc(=O)ccc4c3)cc2)cc1. The monoisotopic (exact) mass is 456 g/mol. The summed E-state index contributed by atoms with van der Waals surface area (Å²) in [4.78, 5) is 23.9. The number of unbranched alkanes of at least 4 members (excludes halogenated alkanes) is 4. The van der Waals surface area contributed by atoms with Crippen molar-refractivity contribution in [3.63, 3.8) is 0 Å². The van der Waals surface area contributed by atoms with Gasteiger partial charge in [-0.05, 0) is 66.1 Å². The first kappa shape index (κ1) is 23.3. The lowest BCUT2D eigenvalue weighted by molar-refractivity contribution is 0.0735. The Kier molecular flexibility index (Phi) is 7.76. The lowest BCUT2D eigenvalue weighted by atomic mass is 10.0. The van der Waals surface area contributed by atoms with Gasteiger partial charge in [-0.2, -0.15) is 0 Å². The van der Waals surface area contributed by atoms with E-state index in [1.807, 2.05) is 36.4 Å². The summed E-state index contributed by atoms with van der Waals surface area (Å²) >= 11 is 0. The predicted molar refractivity (Wildman–Crippen MR) is 134 cm³/mol. The van der Waals surface area contributed by atoms with Crippen molar-refractivity contribution in [1.82, 2.24) is 0 Å². The van der Waals surface area contributed by atoms with E-state index >= 15 is 0 Å². The summed E-state index contributed by atoms with van der Waals surface area (Å²) in [5.41, 5.74) is 2.53. The highest BCUT2D eigenvalue weighted by Crippen LogP contribution is 2.24. The van der Waals surface area contributed by atoms with Gasteiger partial charge in [-0.3, -0.25) is 0 Å². The molecule has 0 aliphatic heterocycles. The molecule has 0 saturated carbocycles. The Morgan fingerprint density at radius 2 is 1.44 bits per heavy atom. The van der Waals surface area contributed by atoms with Gasteiger partial charge in [0, 0.05) is 11.5 Å². The number of ether oxygens (including phenoxy) is 2. The Morgan fingerprint density at radius 3 is 2.18 bits per heavy atom. The Labute approximate surface area is 199 Å². The third-order valence-corrected chi connectivity index (χ3v) is 5.63. The molecule has 0 spiro atoms. The van der Waals surface area contributed by atoms with E-state index in [9.17, 15) is 9.59 Å². The van der Waals surface area contributed by atoms with Crippen molar-refractivity contribution in [3.05, 3.63) is 94.8 Å². The fourth-order valence-corrected chi connectivity index (χ4v) is 3.72. The molecule has 0 atom stereocenters. The van der Waals surface area contributed by atoms with Gasteiger partial charge < -0.3 is 13.9 Å². The molecule has 0 unspecified atom stereocenters. The van der Waals surface area contributed by atoms with E-state index in [2.05, 4.69) is 6.92 Å². The average molecular weight is 457 g/mol. The first-order valence-electron chi connectivity index (χ1n) is 11.7. The molecule has 0 aliphatic carbocycles. The van der Waals surface area contributed by atoms with Gasteiger partial charge in [0.25, 0.3) is 0 Å². The van der Waals surface area contributed by atoms with E-state index < -0.39 is 11.6 Å². The largest absolute Gasteiger partial charge is 0.494 e. The second-order valence-electron chi connectivity index (χ2n) is 8.21. The lowest BCUT2D eigenvalue weighted by Gasteiger charge is -2.08. The van der Waals surface area contributed by atoms with Crippen molar-refractivity contribution in [2.24, 2.45) is 0 Å². The molecular weight excluding hydrogens is 428 g/mol. The minimum Gasteiger partial charge on any atom is -0.494 e. The Morgan fingerprint density at radius 1 is 0.765 bits per heavy atom. The molecule has 0 saturated heterocycles. The van der Waals surface area contributed by atoms with Crippen LogP contribution < -0.4 is 15.1 Å². The van der Waals surface area contributed by atoms with Crippen molar-refractivity contribution in [1.29, 1.82) is 0 Å². The maximum atomic E-state index is 12.6. The third-order valence-electron chi connectivity index (χ3n) is 5.63. The number of carbonyl (C=O) groups excluding carboxylic acids is 1. The fourth-order valence-electron chi connectivity index (χ4n) is 3.72. The molecule has 3 aromatic carbocycles. The summed E-state index contributed by atoms with van der Waals surface area (Å²) in [7, 11) is 0. The maximum Gasteiger partial charge on any atom is 0.343 e. The van der Waals surface area contributed by atoms with E-state index in [4.69, 9.17) is 13.9 Å². The number of benzene rings is 3. The molecule has 0 aliphatic rings.